The number of hydrogen-bond donors (Lipinski definition) is 0. The van der Waals surface area contributed by atoms with Crippen molar-refractivity contribution >= 4 is 44.1 Å². The molecule has 1 aliphatic heterocycles. The lowest BCUT2D eigenvalue weighted by molar-refractivity contribution is 0.737. The first-order valence-corrected chi connectivity index (χ1v) is 22.3. The zero-order chi connectivity index (χ0) is 44.4. The van der Waals surface area contributed by atoms with Gasteiger partial charge in [0.15, 0.2) is 0 Å². The molecule has 0 saturated heterocycles. The molecule has 2 aliphatic rings. The van der Waals surface area contributed by atoms with E-state index < -0.39 is 0 Å². The molecule has 1 atom stereocenters. The quantitative estimate of drug-likeness (QED) is 0.124. The Labute approximate surface area is 375 Å². The number of pyridine rings is 3. The van der Waals surface area contributed by atoms with Gasteiger partial charge in [-0.3, -0.25) is 19.9 Å². The Bertz CT molecular complexity index is 2760. The molecule has 0 fully saturated rings. The predicted molar refractivity (Wildman–Crippen MR) is 274 cm³/mol. The summed E-state index contributed by atoms with van der Waals surface area (Å²) in [4.78, 5) is 17.5. The maximum absolute atomic E-state index is 4.69. The Hall–Kier alpha value is -7.04. The Morgan fingerprint density at radius 1 is 0.651 bits per heavy atom. The number of benzene rings is 5. The molecule has 316 valence electrons. The smallest absolute Gasteiger partial charge is 0.0702 e. The van der Waals surface area contributed by atoms with Gasteiger partial charge in [0.05, 0.1) is 11.4 Å². The molecular formula is C59H60N4. The monoisotopic (exact) mass is 824 g/mol. The van der Waals surface area contributed by atoms with E-state index in [1.165, 1.54) is 61.0 Å². The fraction of sp³-hybridized carbons (Fsp3) is 0.186. The van der Waals surface area contributed by atoms with Gasteiger partial charge in [0.1, 0.15) is 0 Å². The van der Waals surface area contributed by atoms with Crippen molar-refractivity contribution < 1.29 is 0 Å². The van der Waals surface area contributed by atoms with Gasteiger partial charge in [0.25, 0.3) is 0 Å². The summed E-state index contributed by atoms with van der Waals surface area (Å²) in [6.07, 6.45) is 28.9. The zero-order valence-electron chi connectivity index (χ0n) is 37.7. The highest BCUT2D eigenvalue weighted by Gasteiger charge is 2.21. The van der Waals surface area contributed by atoms with Gasteiger partial charge in [-0.2, -0.15) is 0 Å². The van der Waals surface area contributed by atoms with Crippen molar-refractivity contribution in [3.05, 3.63) is 206 Å². The number of allylic oxidation sites excluding steroid dienone is 8. The van der Waals surface area contributed by atoms with Gasteiger partial charge in [-0.05, 0) is 147 Å². The van der Waals surface area contributed by atoms with Crippen molar-refractivity contribution in [1.82, 2.24) is 15.0 Å². The highest BCUT2D eigenvalue weighted by Crippen LogP contribution is 2.44. The maximum Gasteiger partial charge on any atom is 0.0702 e. The first-order chi connectivity index (χ1) is 30.9. The number of hydrogen-bond acceptors (Lipinski definition) is 4. The highest BCUT2D eigenvalue weighted by molar-refractivity contribution is 6.26. The first kappa shape index (κ1) is 45.5. The van der Waals surface area contributed by atoms with Crippen LogP contribution in [0.2, 0.25) is 0 Å². The summed E-state index contributed by atoms with van der Waals surface area (Å²) in [5, 5.41) is 7.78. The molecular weight excluding hydrogens is 765 g/mol. The molecule has 1 aliphatic carbocycles. The van der Waals surface area contributed by atoms with Crippen LogP contribution in [0.5, 0.6) is 0 Å². The van der Waals surface area contributed by atoms with Crippen LogP contribution in [0.1, 0.15) is 77.8 Å². The summed E-state index contributed by atoms with van der Waals surface area (Å²) in [6, 6.07) is 41.5. The molecule has 63 heavy (non-hydrogen) atoms. The van der Waals surface area contributed by atoms with Gasteiger partial charge in [-0.1, -0.05) is 144 Å². The van der Waals surface area contributed by atoms with Crippen LogP contribution in [0, 0.1) is 5.92 Å². The van der Waals surface area contributed by atoms with Crippen LogP contribution in [-0.4, -0.2) is 21.2 Å². The first-order valence-electron chi connectivity index (χ1n) is 22.3. The molecule has 0 amide bonds. The van der Waals surface area contributed by atoms with Crippen LogP contribution in [0.15, 0.2) is 200 Å². The van der Waals surface area contributed by atoms with Gasteiger partial charge in [0, 0.05) is 54.2 Å². The summed E-state index contributed by atoms with van der Waals surface area (Å²) < 4.78 is 0. The molecule has 4 nitrogen and oxygen atoms in total. The molecule has 1 unspecified atom stereocenters. The van der Waals surface area contributed by atoms with E-state index in [4.69, 9.17) is 9.97 Å². The van der Waals surface area contributed by atoms with E-state index in [1.54, 1.807) is 6.08 Å². The summed E-state index contributed by atoms with van der Waals surface area (Å²) in [6.45, 7) is 15.9. The van der Waals surface area contributed by atoms with Crippen molar-refractivity contribution in [2.24, 2.45) is 10.9 Å². The Balaban J connectivity index is 0.000000332. The van der Waals surface area contributed by atoms with Crippen molar-refractivity contribution in [2.45, 2.75) is 66.7 Å². The number of aromatic nitrogens is 3. The topological polar surface area (TPSA) is 51.0 Å². The van der Waals surface area contributed by atoms with E-state index in [-0.39, 0.29) is 0 Å². The largest absolute Gasteiger partial charge is 0.269 e. The average molecular weight is 825 g/mol. The Morgan fingerprint density at radius 3 is 1.78 bits per heavy atom. The van der Waals surface area contributed by atoms with Crippen molar-refractivity contribution in [3.8, 4) is 33.6 Å². The van der Waals surface area contributed by atoms with Gasteiger partial charge in [0.2, 0.25) is 0 Å². The molecule has 8 aromatic rings. The van der Waals surface area contributed by atoms with E-state index in [0.29, 0.717) is 5.92 Å². The van der Waals surface area contributed by atoms with E-state index >= 15 is 0 Å². The van der Waals surface area contributed by atoms with Crippen LogP contribution >= 0.6 is 0 Å². The minimum atomic E-state index is 0.299. The highest BCUT2D eigenvalue weighted by atomic mass is 14.7. The second kappa shape index (κ2) is 23.3. The summed E-state index contributed by atoms with van der Waals surface area (Å²) in [5.41, 5.74) is 10.4. The third kappa shape index (κ3) is 11.7. The van der Waals surface area contributed by atoms with E-state index in [0.717, 1.165) is 46.8 Å². The molecule has 0 radical (unpaired) electrons. The van der Waals surface area contributed by atoms with Crippen molar-refractivity contribution in [2.75, 3.05) is 0 Å². The molecule has 0 N–H and O–H groups in total. The Kier molecular flexibility index (Phi) is 16.8. The lowest BCUT2D eigenvalue weighted by Gasteiger charge is -2.23. The lowest BCUT2D eigenvalue weighted by Crippen LogP contribution is -2.02. The number of rotatable bonds is 6. The zero-order valence-corrected chi connectivity index (χ0v) is 37.7. The standard InChI is InChI=1S/C43H29N3.C5H7N.C5H8.C4H10.C2H6/c1-3-20-45-40(8-1)34-25-33(26-35(27-34)41-9-2-4-21-46-41)37-15-11-30-12-16-38-36(14-10-29-13-17-39(37)43(30)42(29)38)32-7-5-6-31(24-32)28-18-22-44-23-19-28;1-2-4-6-5-3-1;1-3-5-4-2;1-4(2)3;1-2/h1-23,25-27,32H,24H2;2,4-5H,1,3H2;3-5H,1H2,2H3;4H,1-3H3;1-2H3/b;;5-4-;;. The van der Waals surface area contributed by atoms with Gasteiger partial charge >= 0.3 is 0 Å². The number of aliphatic imine (C=N–C) groups is 1. The molecule has 0 bridgehead atoms. The molecule has 5 aromatic carbocycles. The summed E-state index contributed by atoms with van der Waals surface area (Å²) in [5.74, 6) is 1.13. The fourth-order valence-corrected chi connectivity index (χ4v) is 7.79. The molecule has 0 spiro atoms. The van der Waals surface area contributed by atoms with Crippen molar-refractivity contribution in [1.29, 1.82) is 0 Å². The van der Waals surface area contributed by atoms with Crippen LogP contribution in [0.4, 0.5) is 0 Å². The van der Waals surface area contributed by atoms with E-state index in [2.05, 4.69) is 153 Å². The average Bonchev–Trinajstić information content (AvgIpc) is 3.35. The normalized spacial score (nSPS) is 13.9. The fourth-order valence-electron chi connectivity index (χ4n) is 7.79. The van der Waals surface area contributed by atoms with Crippen molar-refractivity contribution in [3.63, 3.8) is 0 Å². The van der Waals surface area contributed by atoms with Crippen LogP contribution in [0.3, 0.4) is 0 Å². The number of nitrogens with zero attached hydrogens (tertiary/aromatic N) is 4. The molecule has 4 heterocycles. The second-order valence-corrected chi connectivity index (χ2v) is 15.8. The molecule has 0 saturated carbocycles. The Morgan fingerprint density at radius 2 is 1.25 bits per heavy atom. The van der Waals surface area contributed by atoms with E-state index in [9.17, 15) is 0 Å². The van der Waals surface area contributed by atoms with Crippen LogP contribution < -0.4 is 0 Å². The second-order valence-electron chi connectivity index (χ2n) is 15.8. The lowest BCUT2D eigenvalue weighted by atomic mass is 9.81. The van der Waals surface area contributed by atoms with Crippen LogP contribution in [-0.2, 0) is 0 Å². The predicted octanol–water partition coefficient (Wildman–Crippen LogP) is 16.7. The third-order valence-corrected chi connectivity index (χ3v) is 10.5. The SMILES string of the molecule is C1=CC(c2ccc3ccc4c(-c5cc(-c6ccccn6)cc(-c6ccccn6)c5)ccc5ccc2c3c54)CC(c2ccncc2)=C1.C1=CN=CCC1.C=C/C=C\C.CC.CC(C)C. The minimum Gasteiger partial charge on any atom is -0.269 e. The van der Waals surface area contributed by atoms with Gasteiger partial charge < -0.3 is 0 Å². The van der Waals surface area contributed by atoms with Crippen LogP contribution in [0.25, 0.3) is 71.5 Å². The molecule has 10 rings (SSSR count). The van der Waals surface area contributed by atoms with Gasteiger partial charge in [-0.15, -0.1) is 0 Å². The van der Waals surface area contributed by atoms with Gasteiger partial charge in [-0.25, -0.2) is 0 Å². The summed E-state index contributed by atoms with van der Waals surface area (Å²) in [7, 11) is 0. The maximum atomic E-state index is 4.69. The minimum absolute atomic E-state index is 0.299. The third-order valence-electron chi connectivity index (χ3n) is 10.5. The summed E-state index contributed by atoms with van der Waals surface area (Å²) >= 11 is 0. The molecule has 4 heteroatoms. The molecule has 3 aromatic heterocycles. The van der Waals surface area contributed by atoms with E-state index in [1.807, 2.05) is 94.4 Å².